The van der Waals surface area contributed by atoms with Crippen LogP contribution in [0.25, 0.3) is 28.3 Å². The first-order valence-electron chi connectivity index (χ1n) is 9.58. The summed E-state index contributed by atoms with van der Waals surface area (Å²) in [6.07, 6.45) is 3.39. The lowest BCUT2D eigenvalue weighted by molar-refractivity contribution is 0.102. The van der Waals surface area contributed by atoms with Crippen LogP contribution in [0.2, 0.25) is 10.0 Å². The molecule has 9 heteroatoms. The molecule has 0 aliphatic heterocycles. The Labute approximate surface area is 192 Å². The van der Waals surface area contributed by atoms with Crippen molar-refractivity contribution in [1.29, 1.82) is 0 Å². The second-order valence-corrected chi connectivity index (χ2v) is 7.73. The van der Waals surface area contributed by atoms with E-state index < -0.39 is 0 Å². The number of carbonyl (C=O) groups excluding carboxylic acids is 1. The van der Waals surface area contributed by atoms with Gasteiger partial charge in [-0.05, 0) is 54.6 Å². The number of rotatable bonds is 4. The number of carbonyl (C=O) groups is 1. The van der Waals surface area contributed by atoms with E-state index in [4.69, 9.17) is 28.3 Å². The van der Waals surface area contributed by atoms with Gasteiger partial charge >= 0.3 is 0 Å². The molecule has 3 aromatic heterocycles. The average Bonchev–Trinajstić information content (AvgIpc) is 3.25. The molecule has 0 spiro atoms. The van der Waals surface area contributed by atoms with Gasteiger partial charge < -0.3 is 5.32 Å². The summed E-state index contributed by atoms with van der Waals surface area (Å²) in [5.41, 5.74) is 4.06. The molecule has 2 aromatic carbocycles. The first-order valence-corrected chi connectivity index (χ1v) is 10.3. The number of hydrogen-bond donors (Lipinski definition) is 1. The number of benzene rings is 2. The zero-order valence-corrected chi connectivity index (χ0v) is 17.9. The quantitative estimate of drug-likeness (QED) is 0.387. The predicted molar refractivity (Wildman–Crippen MR) is 124 cm³/mol. The number of amides is 1. The number of nitrogens with one attached hydrogen (secondary N) is 1. The molecule has 5 aromatic rings. The number of hydrogen-bond acceptors (Lipinski definition) is 5. The number of fused-ring (bicyclic) bond motifs is 1. The lowest BCUT2D eigenvalue weighted by atomic mass is 10.1. The Hall–Kier alpha value is -3.81. The number of anilines is 1. The maximum atomic E-state index is 12.6. The molecular formula is C23H14Cl2N6O. The van der Waals surface area contributed by atoms with Crippen LogP contribution in [0.15, 0.2) is 79.1 Å². The molecular weight excluding hydrogens is 447 g/mol. The highest BCUT2D eigenvalue weighted by Gasteiger charge is 2.12. The van der Waals surface area contributed by atoms with Crippen molar-refractivity contribution in [2.24, 2.45) is 0 Å². The van der Waals surface area contributed by atoms with Crippen LogP contribution in [0.4, 0.5) is 5.69 Å². The molecule has 0 bridgehead atoms. The average molecular weight is 461 g/mol. The van der Waals surface area contributed by atoms with Crippen LogP contribution in [0.5, 0.6) is 0 Å². The molecule has 0 atom stereocenters. The van der Waals surface area contributed by atoms with Crippen molar-refractivity contribution >= 4 is 40.4 Å². The number of nitrogens with zero attached hydrogens (tertiary/aromatic N) is 5. The third-order valence-corrected chi connectivity index (χ3v) is 5.54. The van der Waals surface area contributed by atoms with E-state index in [1.54, 1.807) is 35.1 Å². The van der Waals surface area contributed by atoms with Crippen molar-refractivity contribution in [1.82, 2.24) is 24.8 Å². The van der Waals surface area contributed by atoms with Crippen LogP contribution in [0.3, 0.4) is 0 Å². The predicted octanol–water partition coefficient (Wildman–Crippen LogP) is 5.41. The molecule has 3 heterocycles. The lowest BCUT2D eigenvalue weighted by Gasteiger charge is -2.09. The normalized spacial score (nSPS) is 10.9. The zero-order chi connectivity index (χ0) is 22.1. The largest absolute Gasteiger partial charge is 0.322 e. The van der Waals surface area contributed by atoms with Gasteiger partial charge in [-0.1, -0.05) is 35.3 Å². The smallest absolute Gasteiger partial charge is 0.255 e. The maximum Gasteiger partial charge on any atom is 0.255 e. The van der Waals surface area contributed by atoms with Crippen molar-refractivity contribution in [3.63, 3.8) is 0 Å². The summed E-state index contributed by atoms with van der Waals surface area (Å²) in [7, 11) is 0. The number of aromatic nitrogens is 5. The molecule has 7 nitrogen and oxygen atoms in total. The first-order chi connectivity index (χ1) is 15.6. The highest BCUT2D eigenvalue weighted by atomic mass is 35.5. The fourth-order valence-electron chi connectivity index (χ4n) is 3.22. The summed E-state index contributed by atoms with van der Waals surface area (Å²) in [4.78, 5) is 16.7. The molecule has 32 heavy (non-hydrogen) atoms. The molecule has 1 amide bonds. The van der Waals surface area contributed by atoms with Gasteiger partial charge in [-0.2, -0.15) is 9.61 Å². The van der Waals surface area contributed by atoms with Gasteiger partial charge in [0.05, 0.1) is 15.7 Å². The summed E-state index contributed by atoms with van der Waals surface area (Å²) < 4.78 is 1.69. The minimum atomic E-state index is -0.289. The van der Waals surface area contributed by atoms with E-state index in [0.717, 1.165) is 11.1 Å². The summed E-state index contributed by atoms with van der Waals surface area (Å²) in [6, 6.07) is 19.6. The molecule has 0 saturated heterocycles. The molecule has 0 saturated carbocycles. The summed E-state index contributed by atoms with van der Waals surface area (Å²) in [5, 5.41) is 16.7. The molecule has 0 radical (unpaired) electrons. The minimum absolute atomic E-state index is 0.289. The zero-order valence-electron chi connectivity index (χ0n) is 16.4. The third kappa shape index (κ3) is 3.91. The van der Waals surface area contributed by atoms with Crippen LogP contribution in [0.1, 0.15) is 10.4 Å². The van der Waals surface area contributed by atoms with Gasteiger partial charge in [0.1, 0.15) is 0 Å². The van der Waals surface area contributed by atoms with E-state index in [1.807, 2.05) is 42.5 Å². The Morgan fingerprint density at radius 3 is 2.50 bits per heavy atom. The van der Waals surface area contributed by atoms with Crippen molar-refractivity contribution in [3.8, 4) is 22.6 Å². The van der Waals surface area contributed by atoms with E-state index in [-0.39, 0.29) is 5.91 Å². The van der Waals surface area contributed by atoms with Crippen LogP contribution in [0, 0.1) is 0 Å². The van der Waals surface area contributed by atoms with Gasteiger partial charge in [0.2, 0.25) is 0 Å². The fourth-order valence-corrected chi connectivity index (χ4v) is 3.52. The van der Waals surface area contributed by atoms with Gasteiger partial charge in [0.25, 0.3) is 5.91 Å². The van der Waals surface area contributed by atoms with Crippen molar-refractivity contribution < 1.29 is 4.79 Å². The van der Waals surface area contributed by atoms with Gasteiger partial charge in [-0.15, -0.1) is 10.2 Å². The second kappa shape index (κ2) is 8.37. The Morgan fingerprint density at radius 2 is 1.69 bits per heavy atom. The van der Waals surface area contributed by atoms with Gasteiger partial charge in [-0.3, -0.25) is 9.78 Å². The summed E-state index contributed by atoms with van der Waals surface area (Å²) in [5.74, 6) is 0.330. The molecule has 0 fully saturated rings. The van der Waals surface area contributed by atoms with E-state index >= 15 is 0 Å². The summed E-state index contributed by atoms with van der Waals surface area (Å²) in [6.45, 7) is 0. The summed E-state index contributed by atoms with van der Waals surface area (Å²) >= 11 is 12.0. The number of halogens is 2. The standard InChI is InChI=1S/C23H14Cl2N6O/c24-18-5-4-16(13-19(18)25)23(32)27-17-3-1-2-15(12-17)20-6-7-21-28-29-22(31(21)30-20)14-8-10-26-11-9-14/h1-13H,(H,27,32). The molecule has 0 aliphatic carbocycles. The monoisotopic (exact) mass is 460 g/mol. The second-order valence-electron chi connectivity index (χ2n) is 6.91. The van der Waals surface area contributed by atoms with Crippen LogP contribution in [-0.4, -0.2) is 30.7 Å². The maximum absolute atomic E-state index is 12.6. The Kier molecular flexibility index (Phi) is 5.26. The Morgan fingerprint density at radius 1 is 0.844 bits per heavy atom. The third-order valence-electron chi connectivity index (χ3n) is 4.80. The highest BCUT2D eigenvalue weighted by molar-refractivity contribution is 6.42. The van der Waals surface area contributed by atoms with Gasteiger partial charge in [-0.25, -0.2) is 0 Å². The van der Waals surface area contributed by atoms with Crippen LogP contribution < -0.4 is 5.32 Å². The van der Waals surface area contributed by atoms with Crippen molar-refractivity contribution in [2.45, 2.75) is 0 Å². The molecule has 1 N–H and O–H groups in total. The first kappa shape index (κ1) is 20.1. The van der Waals surface area contributed by atoms with Gasteiger partial charge in [0.15, 0.2) is 11.5 Å². The van der Waals surface area contributed by atoms with Crippen LogP contribution >= 0.6 is 23.2 Å². The van der Waals surface area contributed by atoms with Crippen molar-refractivity contribution in [2.75, 3.05) is 5.32 Å². The van der Waals surface area contributed by atoms with Crippen molar-refractivity contribution in [3.05, 3.63) is 94.7 Å². The fraction of sp³-hybridized carbons (Fsp3) is 0. The lowest BCUT2D eigenvalue weighted by Crippen LogP contribution is -2.11. The van der Waals surface area contributed by atoms with Gasteiger partial charge in [0, 0.05) is 34.8 Å². The SMILES string of the molecule is O=C(Nc1cccc(-c2ccc3nnc(-c4ccncc4)n3n2)c1)c1ccc(Cl)c(Cl)c1. The number of pyridine rings is 1. The topological polar surface area (TPSA) is 85.1 Å². The minimum Gasteiger partial charge on any atom is -0.322 e. The van der Waals surface area contributed by atoms with Crippen LogP contribution in [-0.2, 0) is 0 Å². The highest BCUT2D eigenvalue weighted by Crippen LogP contribution is 2.25. The molecule has 0 unspecified atom stereocenters. The van der Waals surface area contributed by atoms with E-state index in [2.05, 4.69) is 20.5 Å². The Balaban J connectivity index is 1.46. The van der Waals surface area contributed by atoms with E-state index in [0.29, 0.717) is 38.5 Å². The molecule has 0 aliphatic rings. The molecule has 156 valence electrons. The Bertz CT molecular complexity index is 1450. The van der Waals surface area contributed by atoms with E-state index in [9.17, 15) is 4.79 Å². The molecule has 5 rings (SSSR count). The van der Waals surface area contributed by atoms with E-state index in [1.165, 1.54) is 6.07 Å².